The molecule has 3 aliphatic rings. The SMILES string of the molecule is CC(C)(C)OC(=O)NC1CC[C@H]2CC3(CCC(=O)O3)CC2C1. The molecule has 2 aliphatic carbocycles. The topological polar surface area (TPSA) is 64.6 Å². The average molecular weight is 309 g/mol. The zero-order valence-corrected chi connectivity index (χ0v) is 13.8. The Labute approximate surface area is 132 Å². The standard InChI is InChI=1S/C17H27NO4/c1-16(2,3)22-15(20)18-13-5-4-11-9-17(10-12(11)8-13)7-6-14(19)21-17/h11-13H,4-10H2,1-3H3,(H,18,20)/t11-,12?,13?,17?/m0/s1. The fourth-order valence-electron chi connectivity index (χ4n) is 4.45. The first-order valence-corrected chi connectivity index (χ1v) is 8.46. The minimum Gasteiger partial charge on any atom is -0.459 e. The van der Waals surface area contributed by atoms with Crippen LogP contribution < -0.4 is 5.32 Å². The van der Waals surface area contributed by atoms with E-state index in [0.29, 0.717) is 18.3 Å². The number of alkyl carbamates (subject to hydrolysis) is 1. The molecular weight excluding hydrogens is 282 g/mol. The Morgan fingerprint density at radius 3 is 2.64 bits per heavy atom. The van der Waals surface area contributed by atoms with Crippen LogP contribution in [0.25, 0.3) is 0 Å². The number of hydrogen-bond donors (Lipinski definition) is 1. The summed E-state index contributed by atoms with van der Waals surface area (Å²) in [6.45, 7) is 5.62. The molecule has 5 heteroatoms. The van der Waals surface area contributed by atoms with E-state index in [9.17, 15) is 9.59 Å². The van der Waals surface area contributed by atoms with Crippen molar-refractivity contribution in [2.45, 2.75) is 83.0 Å². The summed E-state index contributed by atoms with van der Waals surface area (Å²) < 4.78 is 11.0. The maximum Gasteiger partial charge on any atom is 0.407 e. The third-order valence-corrected chi connectivity index (χ3v) is 5.24. The van der Waals surface area contributed by atoms with Gasteiger partial charge < -0.3 is 14.8 Å². The normalized spacial score (nSPS) is 37.8. The Morgan fingerprint density at radius 1 is 1.27 bits per heavy atom. The van der Waals surface area contributed by atoms with Crippen molar-refractivity contribution >= 4 is 12.1 Å². The van der Waals surface area contributed by atoms with Gasteiger partial charge in [-0.05, 0) is 71.1 Å². The van der Waals surface area contributed by atoms with Gasteiger partial charge in [0.25, 0.3) is 0 Å². The van der Waals surface area contributed by atoms with Gasteiger partial charge in [0.2, 0.25) is 0 Å². The predicted molar refractivity (Wildman–Crippen MR) is 81.3 cm³/mol. The van der Waals surface area contributed by atoms with Crippen molar-refractivity contribution in [1.29, 1.82) is 0 Å². The number of rotatable bonds is 1. The molecule has 2 saturated carbocycles. The zero-order chi connectivity index (χ0) is 16.0. The molecule has 0 aromatic heterocycles. The summed E-state index contributed by atoms with van der Waals surface area (Å²) in [4.78, 5) is 23.4. The molecule has 0 radical (unpaired) electrons. The number of carbonyl (C=O) groups is 2. The largest absolute Gasteiger partial charge is 0.459 e. The Bertz CT molecular complexity index is 470. The van der Waals surface area contributed by atoms with E-state index in [0.717, 1.165) is 38.5 Å². The predicted octanol–water partition coefficient (Wildman–Crippen LogP) is 3.17. The van der Waals surface area contributed by atoms with Crippen molar-refractivity contribution < 1.29 is 19.1 Å². The van der Waals surface area contributed by atoms with Crippen LogP contribution in [-0.4, -0.2) is 29.3 Å². The van der Waals surface area contributed by atoms with E-state index in [1.807, 2.05) is 20.8 Å². The third kappa shape index (κ3) is 3.39. The molecule has 3 fully saturated rings. The van der Waals surface area contributed by atoms with Crippen LogP contribution in [0.5, 0.6) is 0 Å². The van der Waals surface area contributed by atoms with E-state index >= 15 is 0 Å². The molecule has 124 valence electrons. The van der Waals surface area contributed by atoms with Gasteiger partial charge in [-0.3, -0.25) is 4.79 Å². The number of amides is 1. The first kappa shape index (κ1) is 15.6. The summed E-state index contributed by atoms with van der Waals surface area (Å²) in [6.07, 6.45) is 6.18. The molecule has 1 N–H and O–H groups in total. The summed E-state index contributed by atoms with van der Waals surface area (Å²) >= 11 is 0. The highest BCUT2D eigenvalue weighted by molar-refractivity contribution is 5.72. The van der Waals surface area contributed by atoms with Crippen LogP contribution in [0, 0.1) is 11.8 Å². The van der Waals surface area contributed by atoms with E-state index in [-0.39, 0.29) is 23.7 Å². The van der Waals surface area contributed by atoms with Crippen LogP contribution in [0.15, 0.2) is 0 Å². The van der Waals surface area contributed by atoms with Crippen LogP contribution >= 0.6 is 0 Å². The number of hydrogen-bond acceptors (Lipinski definition) is 4. The number of fused-ring (bicyclic) bond motifs is 1. The lowest BCUT2D eigenvalue weighted by atomic mass is 9.79. The zero-order valence-electron chi connectivity index (χ0n) is 13.8. The van der Waals surface area contributed by atoms with Gasteiger partial charge in [-0.25, -0.2) is 4.79 Å². The molecule has 3 unspecified atom stereocenters. The van der Waals surface area contributed by atoms with Gasteiger partial charge in [-0.15, -0.1) is 0 Å². The van der Waals surface area contributed by atoms with E-state index in [1.165, 1.54) is 0 Å². The second-order valence-corrected chi connectivity index (χ2v) is 8.24. The molecule has 1 amide bonds. The van der Waals surface area contributed by atoms with Gasteiger partial charge >= 0.3 is 12.1 Å². The molecule has 0 aromatic rings. The van der Waals surface area contributed by atoms with Gasteiger partial charge in [0.05, 0.1) is 0 Å². The van der Waals surface area contributed by atoms with Crippen molar-refractivity contribution in [2.75, 3.05) is 0 Å². The van der Waals surface area contributed by atoms with Gasteiger partial charge in [0, 0.05) is 12.5 Å². The maximum absolute atomic E-state index is 11.9. The number of carbonyl (C=O) groups excluding carboxylic acids is 2. The molecule has 1 saturated heterocycles. The summed E-state index contributed by atoms with van der Waals surface area (Å²) in [7, 11) is 0. The second kappa shape index (κ2) is 5.43. The maximum atomic E-state index is 11.9. The minimum absolute atomic E-state index is 0.0397. The van der Waals surface area contributed by atoms with Gasteiger partial charge in [-0.2, -0.15) is 0 Å². The van der Waals surface area contributed by atoms with E-state index in [2.05, 4.69) is 5.32 Å². The molecule has 5 nitrogen and oxygen atoms in total. The monoisotopic (exact) mass is 309 g/mol. The van der Waals surface area contributed by atoms with E-state index in [1.54, 1.807) is 0 Å². The molecule has 1 heterocycles. The Balaban J connectivity index is 1.54. The fourth-order valence-corrected chi connectivity index (χ4v) is 4.45. The molecular formula is C17H27NO4. The van der Waals surface area contributed by atoms with Crippen molar-refractivity contribution in [3.63, 3.8) is 0 Å². The second-order valence-electron chi connectivity index (χ2n) is 8.24. The van der Waals surface area contributed by atoms with Crippen LogP contribution in [0.3, 0.4) is 0 Å². The smallest absolute Gasteiger partial charge is 0.407 e. The molecule has 3 rings (SSSR count). The van der Waals surface area contributed by atoms with Crippen LogP contribution in [0.4, 0.5) is 4.79 Å². The van der Waals surface area contributed by atoms with Crippen molar-refractivity contribution in [2.24, 2.45) is 11.8 Å². The number of esters is 1. The van der Waals surface area contributed by atoms with Gasteiger partial charge in [0.15, 0.2) is 0 Å². The van der Waals surface area contributed by atoms with Gasteiger partial charge in [0.1, 0.15) is 11.2 Å². The highest BCUT2D eigenvalue weighted by Gasteiger charge is 2.52. The number of ether oxygens (including phenoxy) is 2. The van der Waals surface area contributed by atoms with Crippen LogP contribution in [0.1, 0.15) is 65.7 Å². The Morgan fingerprint density at radius 2 is 2.00 bits per heavy atom. The van der Waals surface area contributed by atoms with E-state index < -0.39 is 5.60 Å². The minimum atomic E-state index is -0.462. The molecule has 22 heavy (non-hydrogen) atoms. The third-order valence-electron chi connectivity index (χ3n) is 5.24. The number of nitrogens with one attached hydrogen (secondary N) is 1. The summed E-state index contributed by atoms with van der Waals surface area (Å²) in [5.41, 5.74) is -0.649. The first-order chi connectivity index (χ1) is 10.2. The van der Waals surface area contributed by atoms with Crippen molar-refractivity contribution in [3.05, 3.63) is 0 Å². The Hall–Kier alpha value is -1.26. The summed E-state index contributed by atoms with van der Waals surface area (Å²) in [5.74, 6) is 1.16. The molecule has 4 atom stereocenters. The van der Waals surface area contributed by atoms with Crippen LogP contribution in [0.2, 0.25) is 0 Å². The quantitative estimate of drug-likeness (QED) is 0.756. The molecule has 0 bridgehead atoms. The highest BCUT2D eigenvalue weighted by atomic mass is 16.6. The lowest BCUT2D eigenvalue weighted by molar-refractivity contribution is -0.148. The fraction of sp³-hybridized carbons (Fsp3) is 0.882. The first-order valence-electron chi connectivity index (χ1n) is 8.46. The van der Waals surface area contributed by atoms with Crippen LogP contribution in [-0.2, 0) is 14.3 Å². The highest BCUT2D eigenvalue weighted by Crippen LogP contribution is 2.52. The molecule has 0 aromatic carbocycles. The Kier molecular flexibility index (Phi) is 3.86. The molecule has 1 aliphatic heterocycles. The van der Waals surface area contributed by atoms with Crippen molar-refractivity contribution in [3.8, 4) is 0 Å². The summed E-state index contributed by atoms with van der Waals surface area (Å²) in [6, 6.07) is 0.184. The van der Waals surface area contributed by atoms with E-state index in [4.69, 9.17) is 9.47 Å². The molecule has 1 spiro atoms. The average Bonchev–Trinajstić information content (AvgIpc) is 2.89. The van der Waals surface area contributed by atoms with Gasteiger partial charge in [-0.1, -0.05) is 0 Å². The lowest BCUT2D eigenvalue weighted by Crippen LogP contribution is -2.42. The lowest BCUT2D eigenvalue weighted by Gasteiger charge is -2.32. The summed E-state index contributed by atoms with van der Waals surface area (Å²) in [5, 5.41) is 3.01. The van der Waals surface area contributed by atoms with Crippen molar-refractivity contribution in [1.82, 2.24) is 5.32 Å².